The molecule has 1 heterocycles. The van der Waals surface area contributed by atoms with Gasteiger partial charge in [0.25, 0.3) is 0 Å². The van der Waals surface area contributed by atoms with Crippen LogP contribution in [0.5, 0.6) is 0 Å². The first-order valence-corrected chi connectivity index (χ1v) is 17.0. The standard InChI is InChI=1S/C25H18O.C13H12.C7H9N.C2H6/c1-2-7-17-8-5-10-19(16-17)20-12-6-13-23-24(20)22-15-14-18-9-3-4-11-21(18)25(22)26-23;1-11-7-9-13(10-8-11)12-5-3-2-4-6-12;8-6-7-4-2-1-3-5-7;1-2/h2-6,8-16H,1,7H2;2-10H,1H3;1-5H,6,8H2;1-2H3. The first kappa shape index (κ1) is 34.6. The van der Waals surface area contributed by atoms with Crippen LogP contribution in [-0.4, -0.2) is 0 Å². The number of benzene rings is 7. The normalized spacial score (nSPS) is 10.3. The predicted octanol–water partition coefficient (Wildman–Crippen LogP) is 13.0. The molecule has 0 aliphatic heterocycles. The second-order valence-corrected chi connectivity index (χ2v) is 11.6. The average molecular weight is 640 g/mol. The molecule has 0 bridgehead atoms. The van der Waals surface area contributed by atoms with E-state index in [4.69, 9.17) is 10.2 Å². The van der Waals surface area contributed by atoms with Gasteiger partial charge in [0.05, 0.1) is 0 Å². The van der Waals surface area contributed by atoms with Crippen LogP contribution in [0.2, 0.25) is 0 Å². The molecule has 0 unspecified atom stereocenters. The number of fused-ring (bicyclic) bond motifs is 5. The van der Waals surface area contributed by atoms with E-state index < -0.39 is 0 Å². The molecule has 2 nitrogen and oxygen atoms in total. The smallest absolute Gasteiger partial charge is 0.143 e. The molecule has 0 radical (unpaired) electrons. The molecule has 7 aromatic carbocycles. The van der Waals surface area contributed by atoms with Crippen molar-refractivity contribution in [2.75, 3.05) is 0 Å². The van der Waals surface area contributed by atoms with Gasteiger partial charge < -0.3 is 10.2 Å². The Bertz CT molecular complexity index is 2210. The zero-order chi connectivity index (χ0) is 34.4. The van der Waals surface area contributed by atoms with Crippen molar-refractivity contribution in [2.24, 2.45) is 5.73 Å². The number of nitrogens with two attached hydrogens (primary N) is 1. The fourth-order valence-corrected chi connectivity index (χ4v) is 5.82. The molecule has 1 aromatic heterocycles. The fraction of sp³-hybridized carbons (Fsp3) is 0.106. The summed E-state index contributed by atoms with van der Waals surface area (Å²) < 4.78 is 6.29. The van der Waals surface area contributed by atoms with Crippen LogP contribution in [0.1, 0.15) is 30.5 Å². The quantitative estimate of drug-likeness (QED) is 0.190. The van der Waals surface area contributed by atoms with E-state index in [1.54, 1.807) is 0 Å². The van der Waals surface area contributed by atoms with Crippen LogP contribution in [0.4, 0.5) is 0 Å². The molecule has 49 heavy (non-hydrogen) atoms. The SMILES string of the molecule is C=CCc1cccc(-c2cccc3oc4c5ccccc5ccc4c23)c1.CC.Cc1ccc(-c2ccccc2)cc1.NCc1ccccc1. The molecule has 0 atom stereocenters. The van der Waals surface area contributed by atoms with Crippen molar-refractivity contribution < 1.29 is 4.42 Å². The molecule has 2 heteroatoms. The minimum atomic E-state index is 0.640. The van der Waals surface area contributed by atoms with Gasteiger partial charge in [-0.25, -0.2) is 0 Å². The Morgan fingerprint density at radius 1 is 0.571 bits per heavy atom. The summed E-state index contributed by atoms with van der Waals surface area (Å²) in [6.45, 7) is 10.6. The average Bonchev–Trinajstić information content (AvgIpc) is 3.57. The minimum Gasteiger partial charge on any atom is -0.455 e. The van der Waals surface area contributed by atoms with E-state index in [0.717, 1.165) is 23.0 Å². The summed E-state index contributed by atoms with van der Waals surface area (Å²) in [6, 6.07) is 56.7. The predicted molar refractivity (Wildman–Crippen MR) is 213 cm³/mol. The summed E-state index contributed by atoms with van der Waals surface area (Å²) in [7, 11) is 0. The van der Waals surface area contributed by atoms with Crippen molar-refractivity contribution in [3.05, 3.63) is 193 Å². The highest BCUT2D eigenvalue weighted by atomic mass is 16.3. The Hall–Kier alpha value is -5.70. The molecule has 0 aliphatic rings. The van der Waals surface area contributed by atoms with Crippen LogP contribution >= 0.6 is 0 Å². The van der Waals surface area contributed by atoms with E-state index in [1.807, 2.05) is 56.3 Å². The number of aryl methyl sites for hydroxylation is 1. The van der Waals surface area contributed by atoms with Gasteiger partial charge in [-0.05, 0) is 64.2 Å². The monoisotopic (exact) mass is 639 g/mol. The topological polar surface area (TPSA) is 39.2 Å². The van der Waals surface area contributed by atoms with Gasteiger partial charge in [-0.3, -0.25) is 0 Å². The summed E-state index contributed by atoms with van der Waals surface area (Å²) >= 11 is 0. The molecule has 0 saturated heterocycles. The minimum absolute atomic E-state index is 0.640. The third-order valence-electron chi connectivity index (χ3n) is 8.24. The van der Waals surface area contributed by atoms with Gasteiger partial charge in [-0.2, -0.15) is 0 Å². The summed E-state index contributed by atoms with van der Waals surface area (Å²) in [5.41, 5.74) is 16.0. The highest BCUT2D eigenvalue weighted by molar-refractivity contribution is 6.19. The van der Waals surface area contributed by atoms with Gasteiger partial charge in [0, 0.05) is 22.7 Å². The first-order valence-electron chi connectivity index (χ1n) is 17.0. The number of rotatable bonds is 5. The van der Waals surface area contributed by atoms with E-state index in [1.165, 1.54) is 55.1 Å². The van der Waals surface area contributed by atoms with E-state index in [-0.39, 0.29) is 0 Å². The Morgan fingerprint density at radius 2 is 1.18 bits per heavy atom. The third kappa shape index (κ3) is 8.61. The third-order valence-corrected chi connectivity index (χ3v) is 8.24. The molecule has 0 fully saturated rings. The van der Waals surface area contributed by atoms with Gasteiger partial charge >= 0.3 is 0 Å². The van der Waals surface area contributed by atoms with Crippen molar-refractivity contribution in [3.8, 4) is 22.3 Å². The Balaban J connectivity index is 0.000000169. The Kier molecular flexibility index (Phi) is 12.3. The van der Waals surface area contributed by atoms with Crippen molar-refractivity contribution in [1.29, 1.82) is 0 Å². The highest BCUT2D eigenvalue weighted by Gasteiger charge is 2.14. The molecule has 0 saturated carbocycles. The highest BCUT2D eigenvalue weighted by Crippen LogP contribution is 2.39. The van der Waals surface area contributed by atoms with Gasteiger partial charge in [0.1, 0.15) is 11.2 Å². The lowest BCUT2D eigenvalue weighted by molar-refractivity contribution is 0.673. The molecule has 8 aromatic rings. The second-order valence-electron chi connectivity index (χ2n) is 11.6. The molecule has 0 amide bonds. The van der Waals surface area contributed by atoms with Crippen molar-refractivity contribution in [3.63, 3.8) is 0 Å². The lowest BCUT2D eigenvalue weighted by atomic mass is 9.96. The van der Waals surface area contributed by atoms with Crippen molar-refractivity contribution in [2.45, 2.75) is 33.7 Å². The number of hydrogen-bond donors (Lipinski definition) is 1. The molecule has 0 aliphatic carbocycles. The summed E-state index contributed by atoms with van der Waals surface area (Å²) in [5, 5.41) is 4.72. The van der Waals surface area contributed by atoms with Crippen LogP contribution in [0.15, 0.2) is 181 Å². The fourth-order valence-electron chi connectivity index (χ4n) is 5.82. The maximum Gasteiger partial charge on any atom is 0.143 e. The second kappa shape index (κ2) is 17.5. The summed E-state index contributed by atoms with van der Waals surface area (Å²) in [4.78, 5) is 0. The Labute approximate surface area is 291 Å². The maximum atomic E-state index is 6.29. The lowest BCUT2D eigenvalue weighted by Crippen LogP contribution is -1.94. The zero-order valence-electron chi connectivity index (χ0n) is 28.8. The van der Waals surface area contributed by atoms with Crippen LogP contribution in [0.3, 0.4) is 0 Å². The van der Waals surface area contributed by atoms with Gasteiger partial charge in [-0.15, -0.1) is 6.58 Å². The van der Waals surface area contributed by atoms with Crippen LogP contribution in [0.25, 0.3) is 55.0 Å². The summed E-state index contributed by atoms with van der Waals surface area (Å²) in [6.07, 6.45) is 2.82. The number of allylic oxidation sites excluding steroid dienone is 1. The largest absolute Gasteiger partial charge is 0.455 e. The number of hydrogen-bond acceptors (Lipinski definition) is 2. The first-order chi connectivity index (χ1) is 24.1. The zero-order valence-corrected chi connectivity index (χ0v) is 28.8. The van der Waals surface area contributed by atoms with Gasteiger partial charge in [0.15, 0.2) is 0 Å². The van der Waals surface area contributed by atoms with Crippen molar-refractivity contribution >= 4 is 32.7 Å². The lowest BCUT2D eigenvalue weighted by Gasteiger charge is -2.06. The molecular formula is C47H45NO. The summed E-state index contributed by atoms with van der Waals surface area (Å²) in [5.74, 6) is 0. The molecule has 2 N–H and O–H groups in total. The van der Waals surface area contributed by atoms with E-state index in [0.29, 0.717) is 6.54 Å². The van der Waals surface area contributed by atoms with Crippen LogP contribution < -0.4 is 5.73 Å². The van der Waals surface area contributed by atoms with Crippen LogP contribution in [-0.2, 0) is 13.0 Å². The molecule has 8 rings (SSSR count). The van der Waals surface area contributed by atoms with E-state index in [2.05, 4.69) is 141 Å². The molecular weight excluding hydrogens is 595 g/mol. The molecule has 244 valence electrons. The Morgan fingerprint density at radius 3 is 1.88 bits per heavy atom. The van der Waals surface area contributed by atoms with E-state index in [9.17, 15) is 0 Å². The number of furan rings is 1. The molecule has 0 spiro atoms. The van der Waals surface area contributed by atoms with E-state index >= 15 is 0 Å². The van der Waals surface area contributed by atoms with Gasteiger partial charge in [-0.1, -0.05) is 177 Å². The van der Waals surface area contributed by atoms with Gasteiger partial charge in [0.2, 0.25) is 0 Å². The van der Waals surface area contributed by atoms with Crippen molar-refractivity contribution in [1.82, 2.24) is 0 Å². The maximum absolute atomic E-state index is 6.29. The van der Waals surface area contributed by atoms with Crippen LogP contribution in [0, 0.1) is 6.92 Å².